The molecule has 0 radical (unpaired) electrons. The number of para-hydroxylation sites is 1. The molecule has 0 N–H and O–H groups in total. The lowest BCUT2D eigenvalue weighted by Gasteiger charge is -2.10. The van der Waals surface area contributed by atoms with E-state index in [9.17, 15) is 9.59 Å². The van der Waals surface area contributed by atoms with Crippen molar-refractivity contribution in [2.24, 2.45) is 0 Å². The van der Waals surface area contributed by atoms with Crippen molar-refractivity contribution in [3.8, 4) is 5.69 Å². The number of likely N-dealkylation sites (N-methyl/N-ethyl adjacent to an activating group) is 1. The van der Waals surface area contributed by atoms with Crippen LogP contribution in [0.1, 0.15) is 21.5 Å². The molecule has 8 heteroatoms. The highest BCUT2D eigenvalue weighted by molar-refractivity contribution is 7.99. The molecule has 2 aromatic carbocycles. The number of fused-ring (bicyclic) bond motifs is 1. The Hall–Kier alpha value is -3.00. The van der Waals surface area contributed by atoms with E-state index < -0.39 is 0 Å². The summed E-state index contributed by atoms with van der Waals surface area (Å²) < 4.78 is 1.64. The SMILES string of the molecule is Cc1ccccc1-n1nnnc1SCC(=O)c1ccc2c(c1)CC(=O)N2C. The first-order valence-electron chi connectivity index (χ1n) is 8.44. The summed E-state index contributed by atoms with van der Waals surface area (Å²) in [6, 6.07) is 13.2. The van der Waals surface area contributed by atoms with E-state index >= 15 is 0 Å². The second kappa shape index (κ2) is 6.96. The van der Waals surface area contributed by atoms with Crippen molar-refractivity contribution in [3.05, 3.63) is 59.2 Å². The van der Waals surface area contributed by atoms with Gasteiger partial charge in [-0.2, -0.15) is 4.68 Å². The number of hydrogen-bond acceptors (Lipinski definition) is 6. The van der Waals surface area contributed by atoms with Crippen LogP contribution in [0.3, 0.4) is 0 Å². The molecule has 7 nitrogen and oxygen atoms in total. The topological polar surface area (TPSA) is 81.0 Å². The van der Waals surface area contributed by atoms with E-state index in [0.717, 1.165) is 22.5 Å². The van der Waals surface area contributed by atoms with E-state index in [2.05, 4.69) is 15.5 Å². The van der Waals surface area contributed by atoms with E-state index in [-0.39, 0.29) is 17.4 Å². The first-order chi connectivity index (χ1) is 13.0. The molecule has 1 aliphatic heterocycles. The highest BCUT2D eigenvalue weighted by Gasteiger charge is 2.25. The molecule has 1 aliphatic rings. The van der Waals surface area contributed by atoms with Gasteiger partial charge in [-0.1, -0.05) is 30.0 Å². The molecule has 0 unspecified atom stereocenters. The Balaban J connectivity index is 1.50. The quantitative estimate of drug-likeness (QED) is 0.500. The van der Waals surface area contributed by atoms with Crippen LogP contribution in [0.15, 0.2) is 47.6 Å². The molecule has 0 spiro atoms. The molecule has 0 saturated carbocycles. The molecule has 4 rings (SSSR count). The first-order valence-corrected chi connectivity index (χ1v) is 9.43. The summed E-state index contributed by atoms with van der Waals surface area (Å²) in [5.74, 6) is 0.236. The maximum absolute atomic E-state index is 12.6. The number of carbonyl (C=O) groups excluding carboxylic acids is 2. The third-order valence-corrected chi connectivity index (χ3v) is 5.51. The maximum Gasteiger partial charge on any atom is 0.231 e. The van der Waals surface area contributed by atoms with Crippen LogP contribution in [-0.4, -0.2) is 44.7 Å². The average Bonchev–Trinajstić information content (AvgIpc) is 3.24. The molecular formula is C19H17N5O2S. The number of benzene rings is 2. The summed E-state index contributed by atoms with van der Waals surface area (Å²) in [7, 11) is 1.75. The minimum atomic E-state index is -0.0239. The normalized spacial score (nSPS) is 13.1. The van der Waals surface area contributed by atoms with Crippen molar-refractivity contribution in [1.82, 2.24) is 20.2 Å². The van der Waals surface area contributed by atoms with Crippen LogP contribution in [0.2, 0.25) is 0 Å². The predicted molar refractivity (Wildman–Crippen MR) is 103 cm³/mol. The lowest BCUT2D eigenvalue weighted by molar-refractivity contribution is -0.117. The van der Waals surface area contributed by atoms with Crippen LogP contribution in [0.25, 0.3) is 5.69 Å². The number of Topliss-reactive ketones (excluding diaryl/α,β-unsaturated/α-hetero) is 1. The number of tetrazole rings is 1. The summed E-state index contributed by atoms with van der Waals surface area (Å²) in [6.07, 6.45) is 0.339. The molecule has 0 fully saturated rings. The van der Waals surface area contributed by atoms with Gasteiger partial charge in [0.1, 0.15) is 0 Å². The Morgan fingerprint density at radius 2 is 2.00 bits per heavy atom. The van der Waals surface area contributed by atoms with Crippen LogP contribution in [0.4, 0.5) is 5.69 Å². The lowest BCUT2D eigenvalue weighted by atomic mass is 10.1. The Morgan fingerprint density at radius 1 is 1.19 bits per heavy atom. The van der Waals surface area contributed by atoms with Gasteiger partial charge in [-0.25, -0.2) is 0 Å². The molecular weight excluding hydrogens is 362 g/mol. The number of rotatable bonds is 5. The second-order valence-corrected chi connectivity index (χ2v) is 7.29. The van der Waals surface area contributed by atoms with Crippen LogP contribution in [0, 0.1) is 6.92 Å². The Morgan fingerprint density at radius 3 is 2.81 bits per heavy atom. The van der Waals surface area contributed by atoms with Crippen molar-refractivity contribution in [3.63, 3.8) is 0 Å². The van der Waals surface area contributed by atoms with Crippen molar-refractivity contribution in [2.75, 3.05) is 17.7 Å². The molecule has 136 valence electrons. The van der Waals surface area contributed by atoms with Gasteiger partial charge in [0.2, 0.25) is 11.1 Å². The van der Waals surface area contributed by atoms with Crippen molar-refractivity contribution in [1.29, 1.82) is 0 Å². The molecule has 2 heterocycles. The lowest BCUT2D eigenvalue weighted by Crippen LogP contribution is -2.20. The monoisotopic (exact) mass is 379 g/mol. The van der Waals surface area contributed by atoms with Gasteiger partial charge in [-0.05, 0) is 52.7 Å². The molecule has 0 saturated heterocycles. The standard InChI is InChI=1S/C19H17N5O2S/c1-12-5-3-4-6-15(12)24-19(20-21-22-24)27-11-17(25)13-7-8-16-14(9-13)10-18(26)23(16)2/h3-9H,10-11H2,1-2H3. The Labute approximate surface area is 160 Å². The summed E-state index contributed by atoms with van der Waals surface area (Å²) in [4.78, 5) is 26.0. The number of carbonyl (C=O) groups is 2. The van der Waals surface area contributed by atoms with E-state index in [1.165, 1.54) is 11.8 Å². The van der Waals surface area contributed by atoms with Gasteiger partial charge in [0.15, 0.2) is 5.78 Å². The third kappa shape index (κ3) is 3.23. The highest BCUT2D eigenvalue weighted by atomic mass is 32.2. The first kappa shape index (κ1) is 17.4. The predicted octanol–water partition coefficient (Wildman–Crippen LogP) is 2.46. The summed E-state index contributed by atoms with van der Waals surface area (Å²) >= 11 is 1.29. The number of anilines is 1. The smallest absolute Gasteiger partial charge is 0.231 e. The maximum atomic E-state index is 12.6. The largest absolute Gasteiger partial charge is 0.315 e. The number of ketones is 1. The molecule has 3 aromatic rings. The molecule has 1 aromatic heterocycles. The number of hydrogen-bond donors (Lipinski definition) is 0. The van der Waals surface area contributed by atoms with Gasteiger partial charge < -0.3 is 4.90 Å². The zero-order chi connectivity index (χ0) is 19.0. The minimum absolute atomic E-state index is 0.0239. The third-order valence-electron chi connectivity index (χ3n) is 4.60. The van der Waals surface area contributed by atoms with Crippen LogP contribution < -0.4 is 4.90 Å². The summed E-state index contributed by atoms with van der Waals surface area (Å²) in [6.45, 7) is 1.99. The van der Waals surface area contributed by atoms with Gasteiger partial charge in [0, 0.05) is 18.3 Å². The molecule has 1 amide bonds. The molecule has 0 aliphatic carbocycles. The van der Waals surface area contributed by atoms with E-state index in [1.54, 1.807) is 22.7 Å². The fourth-order valence-electron chi connectivity index (χ4n) is 3.08. The van der Waals surface area contributed by atoms with Crippen molar-refractivity contribution in [2.45, 2.75) is 18.5 Å². The zero-order valence-electron chi connectivity index (χ0n) is 14.9. The number of amides is 1. The van der Waals surface area contributed by atoms with Gasteiger partial charge in [0.25, 0.3) is 0 Å². The number of thioether (sulfide) groups is 1. The van der Waals surface area contributed by atoms with Crippen molar-refractivity contribution < 1.29 is 9.59 Å². The van der Waals surface area contributed by atoms with Crippen molar-refractivity contribution >= 4 is 29.1 Å². The fraction of sp³-hybridized carbons (Fsp3) is 0.211. The minimum Gasteiger partial charge on any atom is -0.315 e. The van der Waals surface area contributed by atoms with Gasteiger partial charge in [-0.15, -0.1) is 5.10 Å². The Kier molecular flexibility index (Phi) is 4.49. The molecule has 0 bridgehead atoms. The van der Waals surface area contributed by atoms with E-state index in [0.29, 0.717) is 17.1 Å². The number of nitrogens with zero attached hydrogens (tertiary/aromatic N) is 5. The number of aromatic nitrogens is 4. The second-order valence-electron chi connectivity index (χ2n) is 6.34. The molecule has 0 atom stereocenters. The van der Waals surface area contributed by atoms with Gasteiger partial charge in [0.05, 0.1) is 17.9 Å². The summed E-state index contributed by atoms with van der Waals surface area (Å²) in [5.41, 5.74) is 4.29. The van der Waals surface area contributed by atoms with E-state index in [1.807, 2.05) is 43.3 Å². The highest BCUT2D eigenvalue weighted by Crippen LogP contribution is 2.29. The zero-order valence-corrected chi connectivity index (χ0v) is 15.7. The van der Waals surface area contributed by atoms with E-state index in [4.69, 9.17) is 0 Å². The van der Waals surface area contributed by atoms with Crippen LogP contribution in [0.5, 0.6) is 0 Å². The Bertz CT molecular complexity index is 1050. The van der Waals surface area contributed by atoms with Gasteiger partial charge in [-0.3, -0.25) is 9.59 Å². The average molecular weight is 379 g/mol. The van der Waals surface area contributed by atoms with Crippen LogP contribution >= 0.6 is 11.8 Å². The number of aryl methyl sites for hydroxylation is 1. The molecule has 27 heavy (non-hydrogen) atoms. The summed E-state index contributed by atoms with van der Waals surface area (Å²) in [5, 5.41) is 12.4. The van der Waals surface area contributed by atoms with Gasteiger partial charge >= 0.3 is 0 Å². The fourth-order valence-corrected chi connectivity index (χ4v) is 3.86. The van der Waals surface area contributed by atoms with Crippen LogP contribution in [-0.2, 0) is 11.2 Å².